The van der Waals surface area contributed by atoms with Gasteiger partial charge in [-0.05, 0) is 25.0 Å². The first-order valence-corrected chi connectivity index (χ1v) is 9.77. The average Bonchev–Trinajstić information content (AvgIpc) is 2.86. The Balaban J connectivity index is 2.43. The van der Waals surface area contributed by atoms with Gasteiger partial charge in [-0.15, -0.1) is 0 Å². The van der Waals surface area contributed by atoms with Crippen LogP contribution < -0.4 is 5.73 Å². The molecule has 1 aromatic rings. The van der Waals surface area contributed by atoms with E-state index in [-0.39, 0.29) is 17.4 Å². The van der Waals surface area contributed by atoms with Gasteiger partial charge in [-0.25, -0.2) is 8.42 Å². The van der Waals surface area contributed by atoms with Crippen molar-refractivity contribution in [1.29, 1.82) is 0 Å². The number of hydrogen-bond donors (Lipinski definition) is 1. The Morgan fingerprint density at radius 3 is 2.42 bits per heavy atom. The lowest BCUT2D eigenvalue weighted by Gasteiger charge is -2.24. The van der Waals surface area contributed by atoms with Gasteiger partial charge in [0.2, 0.25) is 11.8 Å². The summed E-state index contributed by atoms with van der Waals surface area (Å²) in [6.07, 6.45) is 1.74. The van der Waals surface area contributed by atoms with E-state index in [9.17, 15) is 18.0 Å². The Bertz CT molecular complexity index is 703. The first-order chi connectivity index (χ1) is 11.3. The number of benzene rings is 1. The van der Waals surface area contributed by atoms with Gasteiger partial charge in [-0.3, -0.25) is 9.59 Å². The zero-order chi connectivity index (χ0) is 17.9. The lowest BCUT2D eigenvalue weighted by molar-refractivity contribution is -0.135. The summed E-state index contributed by atoms with van der Waals surface area (Å²) in [7, 11) is -3.80. The van der Waals surface area contributed by atoms with Gasteiger partial charge in [0.05, 0.1) is 4.90 Å². The van der Waals surface area contributed by atoms with Crippen molar-refractivity contribution in [2.45, 2.75) is 49.3 Å². The summed E-state index contributed by atoms with van der Waals surface area (Å²) < 4.78 is 26.0. The fraction of sp³-hybridized carbons (Fsp3) is 0.529. The fourth-order valence-electron chi connectivity index (χ4n) is 3.42. The second-order valence-corrected chi connectivity index (χ2v) is 8.21. The molecule has 1 aromatic carbocycles. The molecule has 1 aliphatic heterocycles. The van der Waals surface area contributed by atoms with Crippen LogP contribution in [0, 0.1) is 5.92 Å². The molecule has 0 bridgehead atoms. The molecule has 0 aromatic heterocycles. The molecule has 1 saturated heterocycles. The number of carbonyl (C=O) groups excluding carboxylic acids is 2. The zero-order valence-electron chi connectivity index (χ0n) is 14.0. The van der Waals surface area contributed by atoms with Crippen LogP contribution in [0.2, 0.25) is 0 Å². The van der Waals surface area contributed by atoms with Crippen molar-refractivity contribution < 1.29 is 18.0 Å². The zero-order valence-corrected chi connectivity index (χ0v) is 14.8. The molecule has 1 heterocycles. The number of nitrogens with zero attached hydrogens (tertiary/aromatic N) is 1. The molecular weight excluding hydrogens is 328 g/mol. The Labute approximate surface area is 142 Å². The molecule has 2 N–H and O–H groups in total. The second-order valence-electron chi connectivity index (χ2n) is 6.14. The summed E-state index contributed by atoms with van der Waals surface area (Å²) in [4.78, 5) is 26.0. The minimum Gasteiger partial charge on any atom is -0.368 e. The summed E-state index contributed by atoms with van der Waals surface area (Å²) in [5.41, 5.74) is 5.39. The summed E-state index contributed by atoms with van der Waals surface area (Å²) in [6, 6.07) is 7.24. The van der Waals surface area contributed by atoms with E-state index in [1.807, 2.05) is 6.92 Å². The SMILES string of the molecule is CCC[C@H]1CN([C@@H](CC)C(N)=O)C(=O)C1S(=O)(=O)c1ccccc1. The lowest BCUT2D eigenvalue weighted by Crippen LogP contribution is -2.47. The summed E-state index contributed by atoms with van der Waals surface area (Å²) in [5, 5.41) is -1.15. The molecule has 132 valence electrons. The summed E-state index contributed by atoms with van der Waals surface area (Å²) in [5.74, 6) is -1.44. The van der Waals surface area contributed by atoms with Gasteiger partial charge >= 0.3 is 0 Å². The Kier molecular flexibility index (Phi) is 5.64. The van der Waals surface area contributed by atoms with E-state index in [4.69, 9.17) is 5.73 Å². The second kappa shape index (κ2) is 7.34. The van der Waals surface area contributed by atoms with Crippen LogP contribution in [0.5, 0.6) is 0 Å². The predicted octanol–water partition coefficient (Wildman–Crippen LogP) is 1.35. The monoisotopic (exact) mass is 352 g/mol. The minimum absolute atomic E-state index is 0.137. The van der Waals surface area contributed by atoms with Crippen LogP contribution >= 0.6 is 0 Å². The number of amides is 2. The van der Waals surface area contributed by atoms with Gasteiger partial charge in [-0.1, -0.05) is 38.5 Å². The highest BCUT2D eigenvalue weighted by molar-refractivity contribution is 7.92. The molecule has 1 unspecified atom stereocenters. The normalized spacial score (nSPS) is 22.6. The van der Waals surface area contributed by atoms with Crippen molar-refractivity contribution >= 4 is 21.7 Å². The standard InChI is InChI=1S/C17H24N2O4S/c1-3-8-12-11-19(14(4-2)16(18)20)17(21)15(12)24(22,23)13-9-6-5-7-10-13/h5-7,9-10,12,14-15H,3-4,8,11H2,1-2H3,(H2,18,20)/t12-,14-,15?/m0/s1. The number of sulfone groups is 1. The molecule has 7 heteroatoms. The number of hydrogen-bond acceptors (Lipinski definition) is 4. The molecule has 6 nitrogen and oxygen atoms in total. The highest BCUT2D eigenvalue weighted by Gasteiger charge is 2.50. The van der Waals surface area contributed by atoms with Gasteiger partial charge in [0.25, 0.3) is 0 Å². The van der Waals surface area contributed by atoms with E-state index in [0.717, 1.165) is 6.42 Å². The molecule has 3 atom stereocenters. The maximum Gasteiger partial charge on any atom is 0.242 e. The van der Waals surface area contributed by atoms with Crippen LogP contribution in [0.1, 0.15) is 33.1 Å². The molecule has 0 aliphatic carbocycles. The number of likely N-dealkylation sites (tertiary alicyclic amines) is 1. The van der Waals surface area contributed by atoms with E-state index in [0.29, 0.717) is 12.8 Å². The molecule has 2 amide bonds. The Morgan fingerprint density at radius 1 is 1.29 bits per heavy atom. The number of nitrogens with two attached hydrogens (primary N) is 1. The molecule has 2 rings (SSSR count). The maximum absolute atomic E-state index is 13.0. The molecule has 0 radical (unpaired) electrons. The molecule has 0 saturated carbocycles. The molecule has 1 aliphatic rings. The third kappa shape index (κ3) is 3.31. The van der Waals surface area contributed by atoms with Crippen molar-refractivity contribution in [2.24, 2.45) is 11.7 Å². The summed E-state index contributed by atoms with van der Waals surface area (Å²) in [6.45, 7) is 3.96. The fourth-order valence-corrected chi connectivity index (χ4v) is 5.38. The predicted molar refractivity (Wildman–Crippen MR) is 90.8 cm³/mol. The van der Waals surface area contributed by atoms with Gasteiger partial charge < -0.3 is 10.6 Å². The number of carbonyl (C=O) groups is 2. The first-order valence-electron chi connectivity index (χ1n) is 8.23. The summed E-state index contributed by atoms with van der Waals surface area (Å²) >= 11 is 0. The smallest absolute Gasteiger partial charge is 0.242 e. The highest BCUT2D eigenvalue weighted by Crippen LogP contribution is 2.33. The lowest BCUT2D eigenvalue weighted by atomic mass is 10.0. The van der Waals surface area contributed by atoms with Gasteiger partial charge in [0.1, 0.15) is 11.3 Å². The third-order valence-electron chi connectivity index (χ3n) is 4.54. The van der Waals surface area contributed by atoms with Gasteiger partial charge in [0, 0.05) is 12.5 Å². The van der Waals surface area contributed by atoms with E-state index in [1.54, 1.807) is 25.1 Å². The van der Waals surface area contributed by atoms with Crippen molar-refractivity contribution in [3.63, 3.8) is 0 Å². The van der Waals surface area contributed by atoms with Crippen molar-refractivity contribution in [3.05, 3.63) is 30.3 Å². The number of rotatable bonds is 7. The molecule has 0 spiro atoms. The van der Waals surface area contributed by atoms with Crippen molar-refractivity contribution in [3.8, 4) is 0 Å². The van der Waals surface area contributed by atoms with Crippen LogP contribution in [-0.4, -0.2) is 43.0 Å². The molecule has 24 heavy (non-hydrogen) atoms. The van der Waals surface area contributed by atoms with Gasteiger partial charge in [0.15, 0.2) is 9.84 Å². The van der Waals surface area contributed by atoms with Gasteiger partial charge in [-0.2, -0.15) is 0 Å². The molecule has 1 fully saturated rings. The topological polar surface area (TPSA) is 97.5 Å². The van der Waals surface area contributed by atoms with E-state index in [1.165, 1.54) is 17.0 Å². The van der Waals surface area contributed by atoms with Crippen molar-refractivity contribution in [2.75, 3.05) is 6.54 Å². The van der Waals surface area contributed by atoms with Crippen LogP contribution in [0.15, 0.2) is 35.2 Å². The van der Waals surface area contributed by atoms with Crippen molar-refractivity contribution in [1.82, 2.24) is 4.90 Å². The Morgan fingerprint density at radius 2 is 1.92 bits per heavy atom. The first kappa shape index (κ1) is 18.4. The molecular formula is C17H24N2O4S. The Hall–Kier alpha value is -1.89. The number of primary amides is 1. The quantitative estimate of drug-likeness (QED) is 0.801. The van der Waals surface area contributed by atoms with Crippen LogP contribution in [0.3, 0.4) is 0 Å². The van der Waals surface area contributed by atoms with E-state index < -0.39 is 32.9 Å². The minimum atomic E-state index is -3.80. The highest BCUT2D eigenvalue weighted by atomic mass is 32.2. The van der Waals surface area contributed by atoms with Crippen LogP contribution in [-0.2, 0) is 19.4 Å². The third-order valence-corrected chi connectivity index (χ3v) is 6.73. The largest absolute Gasteiger partial charge is 0.368 e. The van der Waals surface area contributed by atoms with E-state index in [2.05, 4.69) is 0 Å². The van der Waals surface area contributed by atoms with Crippen LogP contribution in [0.4, 0.5) is 0 Å². The van der Waals surface area contributed by atoms with E-state index >= 15 is 0 Å². The maximum atomic E-state index is 13.0. The average molecular weight is 352 g/mol. The van der Waals surface area contributed by atoms with Crippen LogP contribution in [0.25, 0.3) is 0 Å².